The van der Waals surface area contributed by atoms with Crippen LogP contribution in [0.4, 0.5) is 0 Å². The maximum absolute atomic E-state index is 6.14. The Kier molecular flexibility index (Phi) is 3.23. The van der Waals surface area contributed by atoms with Gasteiger partial charge in [-0.05, 0) is 18.2 Å². The molecule has 2 aromatic carbocycles. The summed E-state index contributed by atoms with van der Waals surface area (Å²) in [5, 5.41) is 9.42. The highest BCUT2D eigenvalue weighted by molar-refractivity contribution is 6.34. The van der Waals surface area contributed by atoms with Crippen molar-refractivity contribution in [2.45, 2.75) is 0 Å². The first-order valence-corrected chi connectivity index (χ1v) is 6.43. The fourth-order valence-electron chi connectivity index (χ4n) is 1.78. The molecule has 0 aliphatic heterocycles. The van der Waals surface area contributed by atoms with Gasteiger partial charge in [-0.3, -0.25) is 0 Å². The Morgan fingerprint density at radius 1 is 0.947 bits per heavy atom. The lowest BCUT2D eigenvalue weighted by molar-refractivity contribution is 0.804. The van der Waals surface area contributed by atoms with Crippen molar-refractivity contribution < 1.29 is 0 Å². The van der Waals surface area contributed by atoms with Crippen molar-refractivity contribution in [3.05, 3.63) is 64.8 Å². The molecule has 3 aromatic rings. The first-order valence-electron chi connectivity index (χ1n) is 5.67. The SMILES string of the molecule is Clc1ccc(Cl)c(-n2cc(-c3ccccc3)nn2)c1. The molecule has 19 heavy (non-hydrogen) atoms. The van der Waals surface area contributed by atoms with Gasteiger partial charge in [0.05, 0.1) is 16.9 Å². The molecular weight excluding hydrogens is 281 g/mol. The molecule has 0 saturated heterocycles. The standard InChI is InChI=1S/C14H9Cl2N3/c15-11-6-7-12(16)14(8-11)19-9-13(17-18-19)10-4-2-1-3-5-10/h1-9H. The topological polar surface area (TPSA) is 30.7 Å². The van der Waals surface area contributed by atoms with Crippen molar-refractivity contribution >= 4 is 23.2 Å². The third kappa shape index (κ3) is 2.48. The molecule has 1 heterocycles. The van der Waals surface area contributed by atoms with Gasteiger partial charge < -0.3 is 0 Å². The lowest BCUT2D eigenvalue weighted by Gasteiger charge is -2.03. The lowest BCUT2D eigenvalue weighted by atomic mass is 10.2. The van der Waals surface area contributed by atoms with Crippen LogP contribution in [0.5, 0.6) is 0 Å². The molecule has 0 amide bonds. The number of halogens is 2. The molecule has 0 radical (unpaired) electrons. The molecule has 0 atom stereocenters. The molecule has 0 aliphatic carbocycles. The second kappa shape index (κ2) is 5.03. The Morgan fingerprint density at radius 3 is 2.53 bits per heavy atom. The van der Waals surface area contributed by atoms with Crippen molar-refractivity contribution in [3.8, 4) is 16.9 Å². The first kappa shape index (κ1) is 12.2. The number of rotatable bonds is 2. The monoisotopic (exact) mass is 289 g/mol. The third-order valence-corrected chi connectivity index (χ3v) is 3.27. The molecule has 0 saturated carbocycles. The molecule has 0 unspecified atom stereocenters. The fraction of sp³-hybridized carbons (Fsp3) is 0. The zero-order valence-electron chi connectivity index (χ0n) is 9.79. The van der Waals surface area contributed by atoms with Crippen molar-refractivity contribution in [1.29, 1.82) is 0 Å². The zero-order valence-corrected chi connectivity index (χ0v) is 11.3. The highest BCUT2D eigenvalue weighted by atomic mass is 35.5. The normalized spacial score (nSPS) is 10.6. The highest BCUT2D eigenvalue weighted by Crippen LogP contribution is 2.25. The van der Waals surface area contributed by atoms with Crippen molar-refractivity contribution in [2.75, 3.05) is 0 Å². The Labute approximate surface area is 120 Å². The molecule has 94 valence electrons. The second-order valence-corrected chi connectivity index (χ2v) is 4.85. The van der Waals surface area contributed by atoms with Gasteiger partial charge in [-0.15, -0.1) is 5.10 Å². The van der Waals surface area contributed by atoms with Gasteiger partial charge in [0.15, 0.2) is 0 Å². The smallest absolute Gasteiger partial charge is 0.113 e. The van der Waals surface area contributed by atoms with Crippen LogP contribution < -0.4 is 0 Å². The van der Waals surface area contributed by atoms with E-state index in [1.54, 1.807) is 22.9 Å². The van der Waals surface area contributed by atoms with Crippen LogP contribution in [0.15, 0.2) is 54.7 Å². The predicted octanol–water partition coefficient (Wildman–Crippen LogP) is 4.24. The molecule has 3 nitrogen and oxygen atoms in total. The Balaban J connectivity index is 2.04. The summed E-state index contributed by atoms with van der Waals surface area (Å²) >= 11 is 12.1. The Bertz CT molecular complexity index is 708. The summed E-state index contributed by atoms with van der Waals surface area (Å²) < 4.78 is 1.62. The van der Waals surface area contributed by atoms with Gasteiger partial charge in [0.25, 0.3) is 0 Å². The number of hydrogen-bond acceptors (Lipinski definition) is 2. The van der Waals surface area contributed by atoms with E-state index in [0.29, 0.717) is 15.7 Å². The molecule has 5 heteroatoms. The average molecular weight is 290 g/mol. The van der Waals surface area contributed by atoms with Crippen LogP contribution in [0, 0.1) is 0 Å². The quantitative estimate of drug-likeness (QED) is 0.706. The maximum Gasteiger partial charge on any atom is 0.113 e. The molecule has 0 bridgehead atoms. The Hall–Kier alpha value is -1.84. The van der Waals surface area contributed by atoms with Crippen LogP contribution in [0.3, 0.4) is 0 Å². The van der Waals surface area contributed by atoms with E-state index in [4.69, 9.17) is 23.2 Å². The van der Waals surface area contributed by atoms with Crippen LogP contribution in [-0.4, -0.2) is 15.0 Å². The van der Waals surface area contributed by atoms with E-state index in [2.05, 4.69) is 10.3 Å². The summed E-state index contributed by atoms with van der Waals surface area (Å²) in [5.74, 6) is 0. The molecule has 0 fully saturated rings. The van der Waals surface area contributed by atoms with E-state index in [1.807, 2.05) is 36.5 Å². The first-order chi connectivity index (χ1) is 9.24. The molecule has 0 N–H and O–H groups in total. The average Bonchev–Trinajstić information content (AvgIpc) is 2.92. The fourth-order valence-corrected chi connectivity index (χ4v) is 2.15. The minimum atomic E-state index is 0.578. The summed E-state index contributed by atoms with van der Waals surface area (Å²) in [7, 11) is 0. The summed E-state index contributed by atoms with van der Waals surface area (Å²) in [6, 6.07) is 15.1. The van der Waals surface area contributed by atoms with Crippen LogP contribution in [0.2, 0.25) is 10.0 Å². The van der Waals surface area contributed by atoms with Gasteiger partial charge in [0.2, 0.25) is 0 Å². The summed E-state index contributed by atoms with van der Waals surface area (Å²) in [4.78, 5) is 0. The van der Waals surface area contributed by atoms with E-state index in [0.717, 1.165) is 11.3 Å². The van der Waals surface area contributed by atoms with Crippen molar-refractivity contribution in [3.63, 3.8) is 0 Å². The van der Waals surface area contributed by atoms with Gasteiger partial charge in [0.1, 0.15) is 5.69 Å². The van der Waals surface area contributed by atoms with E-state index < -0.39 is 0 Å². The minimum Gasteiger partial charge on any atom is -0.219 e. The van der Waals surface area contributed by atoms with Gasteiger partial charge >= 0.3 is 0 Å². The van der Waals surface area contributed by atoms with Crippen LogP contribution >= 0.6 is 23.2 Å². The minimum absolute atomic E-state index is 0.578. The van der Waals surface area contributed by atoms with Gasteiger partial charge in [-0.2, -0.15) is 0 Å². The molecule has 0 spiro atoms. The maximum atomic E-state index is 6.14. The highest BCUT2D eigenvalue weighted by Gasteiger charge is 2.08. The molecule has 3 rings (SSSR count). The largest absolute Gasteiger partial charge is 0.219 e. The van der Waals surface area contributed by atoms with E-state index >= 15 is 0 Å². The predicted molar refractivity (Wildman–Crippen MR) is 76.8 cm³/mol. The van der Waals surface area contributed by atoms with E-state index in [-0.39, 0.29) is 0 Å². The Morgan fingerprint density at radius 2 is 1.74 bits per heavy atom. The van der Waals surface area contributed by atoms with Crippen LogP contribution in [-0.2, 0) is 0 Å². The number of nitrogens with zero attached hydrogens (tertiary/aromatic N) is 3. The van der Waals surface area contributed by atoms with Gasteiger partial charge in [-0.1, -0.05) is 58.7 Å². The van der Waals surface area contributed by atoms with Crippen LogP contribution in [0.1, 0.15) is 0 Å². The van der Waals surface area contributed by atoms with E-state index in [9.17, 15) is 0 Å². The third-order valence-electron chi connectivity index (χ3n) is 2.72. The lowest BCUT2D eigenvalue weighted by Crippen LogP contribution is -1.95. The van der Waals surface area contributed by atoms with Crippen molar-refractivity contribution in [1.82, 2.24) is 15.0 Å². The summed E-state index contributed by atoms with van der Waals surface area (Å²) in [6.07, 6.45) is 1.83. The second-order valence-electron chi connectivity index (χ2n) is 4.01. The van der Waals surface area contributed by atoms with Crippen molar-refractivity contribution in [2.24, 2.45) is 0 Å². The number of aromatic nitrogens is 3. The molecule has 0 aliphatic rings. The summed E-state index contributed by atoms with van der Waals surface area (Å²) in [6.45, 7) is 0. The summed E-state index contributed by atoms with van der Waals surface area (Å²) in [5.41, 5.74) is 2.51. The number of benzene rings is 2. The molecular formula is C14H9Cl2N3. The van der Waals surface area contributed by atoms with Gasteiger partial charge in [-0.25, -0.2) is 4.68 Å². The van der Waals surface area contributed by atoms with Gasteiger partial charge in [0, 0.05) is 10.6 Å². The van der Waals surface area contributed by atoms with Crippen LogP contribution in [0.25, 0.3) is 16.9 Å². The molecule has 1 aromatic heterocycles. The zero-order chi connectivity index (χ0) is 13.2. The number of hydrogen-bond donors (Lipinski definition) is 0. The van der Waals surface area contributed by atoms with E-state index in [1.165, 1.54) is 0 Å².